The van der Waals surface area contributed by atoms with Crippen LogP contribution in [0, 0.1) is 6.92 Å². The van der Waals surface area contributed by atoms with E-state index in [1.165, 1.54) is 5.56 Å². The maximum Gasteiger partial charge on any atom is 0.141 e. The van der Waals surface area contributed by atoms with Crippen LogP contribution in [-0.4, -0.2) is 28.0 Å². The summed E-state index contributed by atoms with van der Waals surface area (Å²) < 4.78 is 1.82. The summed E-state index contributed by atoms with van der Waals surface area (Å²) in [7, 11) is 0. The summed E-state index contributed by atoms with van der Waals surface area (Å²) in [5.41, 5.74) is 3.14. The molecule has 94 valence electrons. The number of para-hydroxylation sites is 2. The molecule has 0 spiro atoms. The Hall–Kier alpha value is -1.81. The number of phenols is 1. The maximum absolute atomic E-state index is 9.89. The molecule has 0 saturated carbocycles. The van der Waals surface area contributed by atoms with E-state index in [9.17, 15) is 5.11 Å². The monoisotopic (exact) mass is 243 g/mol. The Morgan fingerprint density at radius 1 is 1.39 bits per heavy atom. The summed E-state index contributed by atoms with van der Waals surface area (Å²) in [6, 6.07) is 7.30. The lowest BCUT2D eigenvalue weighted by molar-refractivity contribution is 0.470. The van der Waals surface area contributed by atoms with Gasteiger partial charge in [-0.15, -0.1) is 0 Å². The van der Waals surface area contributed by atoms with E-state index in [1.54, 1.807) is 6.07 Å². The van der Waals surface area contributed by atoms with E-state index in [0.29, 0.717) is 5.92 Å². The minimum Gasteiger partial charge on any atom is -0.506 e. The highest BCUT2D eigenvalue weighted by molar-refractivity contribution is 5.46. The predicted octanol–water partition coefficient (Wildman–Crippen LogP) is 1.96. The first-order chi connectivity index (χ1) is 8.77. The lowest BCUT2D eigenvalue weighted by Gasteiger charge is -2.10. The van der Waals surface area contributed by atoms with E-state index in [0.717, 1.165) is 30.9 Å². The topological polar surface area (TPSA) is 50.1 Å². The molecule has 1 unspecified atom stereocenters. The second-order valence-corrected chi connectivity index (χ2v) is 4.78. The number of rotatable bonds is 2. The zero-order valence-electron chi connectivity index (χ0n) is 10.4. The van der Waals surface area contributed by atoms with Crippen molar-refractivity contribution in [1.29, 1.82) is 0 Å². The quantitative estimate of drug-likeness (QED) is 0.847. The fourth-order valence-corrected chi connectivity index (χ4v) is 2.63. The number of hydrogen-bond acceptors (Lipinski definition) is 3. The number of phenolic OH excluding ortho intramolecular Hbond substituents is 1. The molecule has 1 aromatic heterocycles. The molecule has 2 N–H and O–H groups in total. The van der Waals surface area contributed by atoms with E-state index in [1.807, 2.05) is 29.1 Å². The van der Waals surface area contributed by atoms with Crippen LogP contribution in [0.2, 0.25) is 0 Å². The number of benzene rings is 1. The van der Waals surface area contributed by atoms with Gasteiger partial charge in [-0.1, -0.05) is 12.1 Å². The second kappa shape index (κ2) is 4.46. The molecule has 1 aliphatic rings. The Balaban J connectivity index is 2.02. The van der Waals surface area contributed by atoms with Gasteiger partial charge in [0.25, 0.3) is 0 Å². The highest BCUT2D eigenvalue weighted by Crippen LogP contribution is 2.28. The van der Waals surface area contributed by atoms with Crippen molar-refractivity contribution in [3.8, 4) is 11.4 Å². The molecule has 1 atom stereocenters. The van der Waals surface area contributed by atoms with Gasteiger partial charge in [0.05, 0.1) is 6.20 Å². The molecule has 1 aromatic carbocycles. The Morgan fingerprint density at radius 2 is 2.22 bits per heavy atom. The van der Waals surface area contributed by atoms with Crippen LogP contribution >= 0.6 is 0 Å². The van der Waals surface area contributed by atoms with Crippen LogP contribution in [-0.2, 0) is 0 Å². The van der Waals surface area contributed by atoms with Crippen molar-refractivity contribution >= 4 is 0 Å². The minimum atomic E-state index is 0.264. The van der Waals surface area contributed by atoms with E-state index in [-0.39, 0.29) is 5.75 Å². The standard InChI is InChI=1S/C14H17N3O/c1-10-12(11-6-7-15-8-11)9-16-17(10)13-4-2-3-5-14(13)18/h2-5,9,11,15,18H,6-8H2,1H3. The summed E-state index contributed by atoms with van der Waals surface area (Å²) in [6.07, 6.45) is 3.09. The maximum atomic E-state index is 9.89. The molecule has 0 radical (unpaired) electrons. The summed E-state index contributed by atoms with van der Waals surface area (Å²) in [4.78, 5) is 0. The molecule has 1 fully saturated rings. The number of aromatic hydroxyl groups is 1. The zero-order valence-corrected chi connectivity index (χ0v) is 10.4. The molecule has 4 nitrogen and oxygen atoms in total. The summed E-state index contributed by atoms with van der Waals surface area (Å²) in [5, 5.41) is 17.7. The van der Waals surface area contributed by atoms with Crippen molar-refractivity contribution in [3.63, 3.8) is 0 Å². The summed E-state index contributed by atoms with van der Waals surface area (Å²) >= 11 is 0. The molecule has 1 aliphatic heterocycles. The second-order valence-electron chi connectivity index (χ2n) is 4.78. The van der Waals surface area contributed by atoms with Gasteiger partial charge in [0.1, 0.15) is 11.4 Å². The van der Waals surface area contributed by atoms with Gasteiger partial charge in [-0.25, -0.2) is 4.68 Å². The average molecular weight is 243 g/mol. The van der Waals surface area contributed by atoms with E-state index >= 15 is 0 Å². The first-order valence-electron chi connectivity index (χ1n) is 6.31. The smallest absolute Gasteiger partial charge is 0.141 e. The van der Waals surface area contributed by atoms with Crippen LogP contribution < -0.4 is 5.32 Å². The lowest BCUT2D eigenvalue weighted by Crippen LogP contribution is -2.08. The third kappa shape index (κ3) is 1.78. The molecule has 0 amide bonds. The Labute approximate surface area is 106 Å². The van der Waals surface area contributed by atoms with Crippen molar-refractivity contribution < 1.29 is 5.11 Å². The third-order valence-electron chi connectivity index (χ3n) is 3.66. The Kier molecular flexibility index (Phi) is 2.80. The highest BCUT2D eigenvalue weighted by Gasteiger charge is 2.21. The van der Waals surface area contributed by atoms with Crippen LogP contribution in [0.3, 0.4) is 0 Å². The molecular formula is C14H17N3O. The molecular weight excluding hydrogens is 226 g/mol. The number of nitrogens with one attached hydrogen (secondary N) is 1. The van der Waals surface area contributed by atoms with Gasteiger partial charge in [0.2, 0.25) is 0 Å². The van der Waals surface area contributed by atoms with Gasteiger partial charge in [-0.3, -0.25) is 0 Å². The van der Waals surface area contributed by atoms with Crippen LogP contribution in [0.15, 0.2) is 30.5 Å². The van der Waals surface area contributed by atoms with Crippen molar-refractivity contribution in [3.05, 3.63) is 41.7 Å². The first-order valence-corrected chi connectivity index (χ1v) is 6.31. The molecule has 18 heavy (non-hydrogen) atoms. The van der Waals surface area contributed by atoms with Crippen LogP contribution in [0.25, 0.3) is 5.69 Å². The van der Waals surface area contributed by atoms with Gasteiger partial charge < -0.3 is 10.4 Å². The summed E-state index contributed by atoms with van der Waals surface area (Å²) in [5.74, 6) is 0.810. The molecule has 4 heteroatoms. The van der Waals surface area contributed by atoms with Gasteiger partial charge in [0, 0.05) is 18.2 Å². The van der Waals surface area contributed by atoms with Crippen LogP contribution in [0.5, 0.6) is 5.75 Å². The minimum absolute atomic E-state index is 0.264. The normalized spacial score (nSPS) is 19.3. The van der Waals surface area contributed by atoms with E-state index in [4.69, 9.17) is 0 Å². The van der Waals surface area contributed by atoms with Crippen LogP contribution in [0.1, 0.15) is 23.6 Å². The SMILES string of the molecule is Cc1c(C2CCNC2)cnn1-c1ccccc1O. The zero-order chi connectivity index (χ0) is 12.5. The van der Waals surface area contributed by atoms with Crippen molar-refractivity contribution in [2.45, 2.75) is 19.3 Å². The first kappa shape index (κ1) is 11.3. The highest BCUT2D eigenvalue weighted by atomic mass is 16.3. The van der Waals surface area contributed by atoms with Crippen molar-refractivity contribution in [1.82, 2.24) is 15.1 Å². The number of aromatic nitrogens is 2. The van der Waals surface area contributed by atoms with E-state index in [2.05, 4.69) is 17.3 Å². The molecule has 2 heterocycles. The average Bonchev–Trinajstić information content (AvgIpc) is 2.99. The predicted molar refractivity (Wildman–Crippen MR) is 70.2 cm³/mol. The van der Waals surface area contributed by atoms with E-state index < -0.39 is 0 Å². The van der Waals surface area contributed by atoms with Gasteiger partial charge in [-0.05, 0) is 37.6 Å². The Morgan fingerprint density at radius 3 is 2.94 bits per heavy atom. The molecule has 3 rings (SSSR count). The molecule has 2 aromatic rings. The van der Waals surface area contributed by atoms with Crippen LogP contribution in [0.4, 0.5) is 0 Å². The summed E-state index contributed by atoms with van der Waals surface area (Å²) in [6.45, 7) is 4.16. The lowest BCUT2D eigenvalue weighted by atomic mass is 9.99. The van der Waals surface area contributed by atoms with Crippen molar-refractivity contribution in [2.75, 3.05) is 13.1 Å². The largest absolute Gasteiger partial charge is 0.506 e. The van der Waals surface area contributed by atoms with Gasteiger partial charge >= 0.3 is 0 Å². The third-order valence-corrected chi connectivity index (χ3v) is 3.66. The fraction of sp³-hybridized carbons (Fsp3) is 0.357. The molecule has 0 aliphatic carbocycles. The van der Waals surface area contributed by atoms with Gasteiger partial charge in [-0.2, -0.15) is 5.10 Å². The van der Waals surface area contributed by atoms with Gasteiger partial charge in [0.15, 0.2) is 0 Å². The van der Waals surface area contributed by atoms with Crippen molar-refractivity contribution in [2.24, 2.45) is 0 Å². The Bertz CT molecular complexity index is 556. The fourth-order valence-electron chi connectivity index (χ4n) is 2.63. The molecule has 1 saturated heterocycles. The molecule has 0 bridgehead atoms. The number of nitrogens with zero attached hydrogens (tertiary/aromatic N) is 2. The number of hydrogen-bond donors (Lipinski definition) is 2.